The van der Waals surface area contributed by atoms with E-state index in [1.165, 1.54) is 11.1 Å². The van der Waals surface area contributed by atoms with Crippen molar-refractivity contribution in [3.05, 3.63) is 29.0 Å². The lowest BCUT2D eigenvalue weighted by atomic mass is 10.2. The van der Waals surface area contributed by atoms with E-state index in [1.807, 2.05) is 0 Å². The minimum absolute atomic E-state index is 0.246. The quantitative estimate of drug-likeness (QED) is 0.855. The molecule has 0 N–H and O–H groups in total. The van der Waals surface area contributed by atoms with Gasteiger partial charge in [-0.3, -0.25) is 9.97 Å². The standard InChI is InChI=1S/C12H11BrF3N3/c1-2-19(7-12(14,15)16)10-3-4-17-9-5-8(13)6-18-11(9)10/h3-6H,2,7H2,1H3. The molecule has 2 rings (SSSR count). The molecule has 0 saturated carbocycles. The fourth-order valence-corrected chi connectivity index (χ4v) is 2.15. The second-order valence-electron chi connectivity index (χ2n) is 3.98. The average molecular weight is 334 g/mol. The molecule has 0 aliphatic rings. The molecule has 102 valence electrons. The fourth-order valence-electron chi connectivity index (χ4n) is 1.83. The third kappa shape index (κ3) is 3.34. The maximum absolute atomic E-state index is 12.6. The van der Waals surface area contributed by atoms with Gasteiger partial charge in [-0.15, -0.1) is 0 Å². The minimum Gasteiger partial charge on any atom is -0.361 e. The molecule has 0 amide bonds. The van der Waals surface area contributed by atoms with Crippen LogP contribution in [-0.2, 0) is 0 Å². The average Bonchev–Trinajstić information content (AvgIpc) is 2.34. The van der Waals surface area contributed by atoms with Gasteiger partial charge in [0.05, 0.1) is 11.2 Å². The SMILES string of the molecule is CCN(CC(F)(F)F)c1ccnc2cc(Br)cnc12. The van der Waals surface area contributed by atoms with Crippen molar-refractivity contribution in [3.63, 3.8) is 0 Å². The van der Waals surface area contributed by atoms with Crippen molar-refractivity contribution >= 4 is 32.7 Å². The molecule has 0 unspecified atom stereocenters. The van der Waals surface area contributed by atoms with Crippen LogP contribution in [0.15, 0.2) is 29.0 Å². The number of nitrogens with zero attached hydrogens (tertiary/aromatic N) is 3. The number of halogens is 4. The normalized spacial score (nSPS) is 11.8. The lowest BCUT2D eigenvalue weighted by Crippen LogP contribution is -2.34. The Balaban J connectivity index is 2.48. The van der Waals surface area contributed by atoms with E-state index in [9.17, 15) is 13.2 Å². The summed E-state index contributed by atoms with van der Waals surface area (Å²) in [6, 6.07) is 3.28. The van der Waals surface area contributed by atoms with Gasteiger partial charge in [-0.25, -0.2) is 0 Å². The molecule has 0 bridgehead atoms. The zero-order valence-electron chi connectivity index (χ0n) is 10.1. The molecule has 2 heterocycles. The Kier molecular flexibility index (Phi) is 3.93. The van der Waals surface area contributed by atoms with Gasteiger partial charge >= 0.3 is 6.18 Å². The van der Waals surface area contributed by atoms with Gasteiger partial charge in [-0.2, -0.15) is 13.2 Å². The maximum atomic E-state index is 12.6. The number of pyridine rings is 2. The monoisotopic (exact) mass is 333 g/mol. The molecule has 0 spiro atoms. The highest BCUT2D eigenvalue weighted by Gasteiger charge is 2.31. The van der Waals surface area contributed by atoms with Crippen LogP contribution in [0.1, 0.15) is 6.92 Å². The molecule has 19 heavy (non-hydrogen) atoms. The van der Waals surface area contributed by atoms with Crippen LogP contribution in [0.3, 0.4) is 0 Å². The second kappa shape index (κ2) is 5.32. The van der Waals surface area contributed by atoms with Crippen molar-refractivity contribution in [2.75, 3.05) is 18.0 Å². The second-order valence-corrected chi connectivity index (χ2v) is 4.90. The fraction of sp³-hybridized carbons (Fsp3) is 0.333. The molecule has 0 fully saturated rings. The van der Waals surface area contributed by atoms with E-state index in [0.29, 0.717) is 16.7 Å². The van der Waals surface area contributed by atoms with E-state index in [0.717, 1.165) is 4.47 Å². The summed E-state index contributed by atoms with van der Waals surface area (Å²) in [7, 11) is 0. The zero-order chi connectivity index (χ0) is 14.0. The van der Waals surface area contributed by atoms with Gasteiger partial charge in [-0.1, -0.05) is 0 Å². The molecule has 7 heteroatoms. The first-order valence-electron chi connectivity index (χ1n) is 5.62. The number of rotatable bonds is 3. The third-order valence-corrected chi connectivity index (χ3v) is 3.05. The third-order valence-electron chi connectivity index (χ3n) is 2.62. The predicted molar refractivity (Wildman–Crippen MR) is 71.2 cm³/mol. The molecule has 0 saturated heterocycles. The van der Waals surface area contributed by atoms with Crippen molar-refractivity contribution in [2.24, 2.45) is 0 Å². The lowest BCUT2D eigenvalue weighted by Gasteiger charge is -2.25. The van der Waals surface area contributed by atoms with Gasteiger partial charge in [0.25, 0.3) is 0 Å². The van der Waals surface area contributed by atoms with Gasteiger partial charge in [0.2, 0.25) is 0 Å². The van der Waals surface area contributed by atoms with Gasteiger partial charge < -0.3 is 4.90 Å². The lowest BCUT2D eigenvalue weighted by molar-refractivity contribution is -0.119. The number of fused-ring (bicyclic) bond motifs is 1. The number of hydrogen-bond donors (Lipinski definition) is 0. The van der Waals surface area contributed by atoms with Crippen molar-refractivity contribution < 1.29 is 13.2 Å². The molecule has 0 atom stereocenters. The highest BCUT2D eigenvalue weighted by atomic mass is 79.9. The minimum atomic E-state index is -4.25. The van der Waals surface area contributed by atoms with E-state index in [1.54, 1.807) is 25.3 Å². The summed E-state index contributed by atoms with van der Waals surface area (Å²) in [5.41, 5.74) is 1.47. The Bertz CT molecular complexity index is 586. The van der Waals surface area contributed by atoms with Gasteiger partial charge in [0.15, 0.2) is 0 Å². The van der Waals surface area contributed by atoms with Crippen LogP contribution in [0.25, 0.3) is 11.0 Å². The van der Waals surface area contributed by atoms with Crippen molar-refractivity contribution in [1.29, 1.82) is 0 Å². The molecule has 0 aliphatic heterocycles. The maximum Gasteiger partial charge on any atom is 0.405 e. The van der Waals surface area contributed by atoms with Crippen molar-refractivity contribution in [2.45, 2.75) is 13.1 Å². The van der Waals surface area contributed by atoms with Gasteiger partial charge in [0.1, 0.15) is 12.1 Å². The summed E-state index contributed by atoms with van der Waals surface area (Å²) in [6.07, 6.45) is -1.21. The summed E-state index contributed by atoms with van der Waals surface area (Å²) in [5.74, 6) is 0. The Labute approximate surface area is 116 Å². The predicted octanol–water partition coefficient (Wildman–Crippen LogP) is 3.78. The van der Waals surface area contributed by atoms with Crippen molar-refractivity contribution in [1.82, 2.24) is 9.97 Å². The Hall–Kier alpha value is -1.37. The molecular formula is C12H11BrF3N3. The molecular weight excluding hydrogens is 323 g/mol. The van der Waals surface area contributed by atoms with Crippen LogP contribution >= 0.6 is 15.9 Å². The first kappa shape index (κ1) is 14.0. The first-order valence-corrected chi connectivity index (χ1v) is 6.42. The number of alkyl halides is 3. The molecule has 2 aromatic rings. The zero-order valence-corrected chi connectivity index (χ0v) is 11.7. The topological polar surface area (TPSA) is 29.0 Å². The van der Waals surface area contributed by atoms with E-state index in [-0.39, 0.29) is 6.54 Å². The molecule has 0 radical (unpaired) electrons. The number of aromatic nitrogens is 2. The Morgan fingerprint density at radius 3 is 2.68 bits per heavy atom. The number of hydrogen-bond acceptors (Lipinski definition) is 3. The highest BCUT2D eigenvalue weighted by molar-refractivity contribution is 9.10. The highest BCUT2D eigenvalue weighted by Crippen LogP contribution is 2.28. The summed E-state index contributed by atoms with van der Waals surface area (Å²) >= 11 is 3.26. The van der Waals surface area contributed by atoms with Crippen molar-refractivity contribution in [3.8, 4) is 0 Å². The van der Waals surface area contributed by atoms with Gasteiger partial charge in [0, 0.05) is 23.4 Å². The van der Waals surface area contributed by atoms with Crippen LogP contribution in [0, 0.1) is 0 Å². The summed E-state index contributed by atoms with van der Waals surface area (Å²) < 4.78 is 38.4. The van der Waals surface area contributed by atoms with Crippen LogP contribution in [-0.4, -0.2) is 29.2 Å². The van der Waals surface area contributed by atoms with Gasteiger partial charge in [-0.05, 0) is 35.0 Å². The van der Waals surface area contributed by atoms with E-state index >= 15 is 0 Å². The molecule has 0 aliphatic carbocycles. The first-order chi connectivity index (χ1) is 8.90. The summed E-state index contributed by atoms with van der Waals surface area (Å²) in [5, 5.41) is 0. The van der Waals surface area contributed by atoms with E-state index < -0.39 is 12.7 Å². The van der Waals surface area contributed by atoms with Crippen LogP contribution < -0.4 is 4.90 Å². The van der Waals surface area contributed by atoms with E-state index in [2.05, 4.69) is 25.9 Å². The Morgan fingerprint density at radius 2 is 2.05 bits per heavy atom. The van der Waals surface area contributed by atoms with Crippen LogP contribution in [0.4, 0.5) is 18.9 Å². The molecule has 0 aromatic carbocycles. The molecule has 3 nitrogen and oxygen atoms in total. The summed E-state index contributed by atoms with van der Waals surface area (Å²) in [4.78, 5) is 9.52. The Morgan fingerprint density at radius 1 is 1.32 bits per heavy atom. The smallest absolute Gasteiger partial charge is 0.361 e. The van der Waals surface area contributed by atoms with Crippen LogP contribution in [0.5, 0.6) is 0 Å². The molecule has 2 aromatic heterocycles. The van der Waals surface area contributed by atoms with Crippen LogP contribution in [0.2, 0.25) is 0 Å². The largest absolute Gasteiger partial charge is 0.405 e. The number of anilines is 1. The van der Waals surface area contributed by atoms with E-state index in [4.69, 9.17) is 0 Å². The summed E-state index contributed by atoms with van der Waals surface area (Å²) in [6.45, 7) is 0.924.